The summed E-state index contributed by atoms with van der Waals surface area (Å²) in [4.78, 5) is 0. The molecule has 0 aliphatic heterocycles. The highest BCUT2D eigenvalue weighted by atomic mass is 19.1. The first kappa shape index (κ1) is 10.7. The topological polar surface area (TPSA) is 9.23 Å². The van der Waals surface area contributed by atoms with Gasteiger partial charge in [0.15, 0.2) is 11.6 Å². The average Bonchev–Trinajstić information content (AvgIpc) is 2.25. The summed E-state index contributed by atoms with van der Waals surface area (Å²) in [7, 11) is 0. The maximum absolute atomic E-state index is 13.4. The van der Waals surface area contributed by atoms with Crippen LogP contribution in [0.3, 0.4) is 0 Å². The van der Waals surface area contributed by atoms with E-state index in [0.29, 0.717) is 5.75 Å². The van der Waals surface area contributed by atoms with Gasteiger partial charge in [-0.25, -0.2) is 4.39 Å². The summed E-state index contributed by atoms with van der Waals surface area (Å²) < 4.78 is 18.9. The zero-order valence-corrected chi connectivity index (χ0v) is 9.33. The molecular formula is C14H13FO. The second-order valence-corrected chi connectivity index (χ2v) is 3.80. The Morgan fingerprint density at radius 3 is 2.38 bits per heavy atom. The van der Waals surface area contributed by atoms with Crippen molar-refractivity contribution in [3.63, 3.8) is 0 Å². The molecule has 2 rings (SSSR count). The molecule has 2 aromatic carbocycles. The van der Waals surface area contributed by atoms with Crippen molar-refractivity contribution in [2.75, 3.05) is 0 Å². The summed E-state index contributed by atoms with van der Waals surface area (Å²) in [5, 5.41) is 0. The first-order chi connectivity index (χ1) is 7.66. The molecule has 0 heterocycles. The molecule has 0 atom stereocenters. The van der Waals surface area contributed by atoms with Crippen molar-refractivity contribution in [1.82, 2.24) is 0 Å². The predicted octanol–water partition coefficient (Wildman–Crippen LogP) is 4.23. The lowest BCUT2D eigenvalue weighted by Gasteiger charge is -2.09. The van der Waals surface area contributed by atoms with E-state index in [1.165, 1.54) is 11.6 Å². The standard InChI is InChI=1S/C14H13FO/c1-10-7-8-13(11(2)9-10)16-14-6-4-3-5-12(14)15/h3-9H,1-2H3. The van der Waals surface area contributed by atoms with Crippen LogP contribution >= 0.6 is 0 Å². The predicted molar refractivity (Wildman–Crippen MR) is 62.4 cm³/mol. The Kier molecular flexibility index (Phi) is 2.91. The summed E-state index contributed by atoms with van der Waals surface area (Å²) >= 11 is 0. The lowest BCUT2D eigenvalue weighted by atomic mass is 10.1. The summed E-state index contributed by atoms with van der Waals surface area (Å²) in [5.41, 5.74) is 2.17. The van der Waals surface area contributed by atoms with Crippen molar-refractivity contribution >= 4 is 0 Å². The Hall–Kier alpha value is -1.83. The Balaban J connectivity index is 2.31. The van der Waals surface area contributed by atoms with E-state index in [1.807, 2.05) is 32.0 Å². The zero-order chi connectivity index (χ0) is 11.5. The van der Waals surface area contributed by atoms with Gasteiger partial charge < -0.3 is 4.74 Å². The van der Waals surface area contributed by atoms with Crippen molar-refractivity contribution in [1.29, 1.82) is 0 Å². The molecule has 0 N–H and O–H groups in total. The molecule has 0 aliphatic carbocycles. The van der Waals surface area contributed by atoms with Crippen LogP contribution in [0.15, 0.2) is 42.5 Å². The van der Waals surface area contributed by atoms with Crippen molar-refractivity contribution in [2.24, 2.45) is 0 Å². The van der Waals surface area contributed by atoms with E-state index in [0.717, 1.165) is 5.56 Å². The van der Waals surface area contributed by atoms with Crippen molar-refractivity contribution < 1.29 is 9.13 Å². The highest BCUT2D eigenvalue weighted by molar-refractivity contribution is 5.39. The molecule has 0 bridgehead atoms. The molecule has 0 unspecified atom stereocenters. The lowest BCUT2D eigenvalue weighted by Crippen LogP contribution is -1.90. The second-order valence-electron chi connectivity index (χ2n) is 3.80. The van der Waals surface area contributed by atoms with Crippen LogP contribution in [-0.4, -0.2) is 0 Å². The van der Waals surface area contributed by atoms with E-state index >= 15 is 0 Å². The Labute approximate surface area is 94.5 Å². The third kappa shape index (κ3) is 2.22. The molecule has 0 saturated heterocycles. The molecule has 0 aliphatic rings. The molecule has 1 nitrogen and oxygen atoms in total. The van der Waals surface area contributed by atoms with Crippen LogP contribution in [0.5, 0.6) is 11.5 Å². The summed E-state index contributed by atoms with van der Waals surface area (Å²) in [6.07, 6.45) is 0. The van der Waals surface area contributed by atoms with E-state index in [1.54, 1.807) is 18.2 Å². The number of hydrogen-bond donors (Lipinski definition) is 0. The van der Waals surface area contributed by atoms with Crippen molar-refractivity contribution in [2.45, 2.75) is 13.8 Å². The minimum Gasteiger partial charge on any atom is -0.454 e. The van der Waals surface area contributed by atoms with Gasteiger partial charge in [0.1, 0.15) is 5.75 Å². The Morgan fingerprint density at radius 1 is 0.938 bits per heavy atom. The van der Waals surface area contributed by atoms with Crippen LogP contribution < -0.4 is 4.74 Å². The molecule has 82 valence electrons. The number of para-hydroxylation sites is 1. The highest BCUT2D eigenvalue weighted by Gasteiger charge is 2.05. The Bertz CT molecular complexity index is 506. The minimum absolute atomic E-state index is 0.259. The highest BCUT2D eigenvalue weighted by Crippen LogP contribution is 2.27. The summed E-state index contributed by atoms with van der Waals surface area (Å²) in [6, 6.07) is 12.2. The van der Waals surface area contributed by atoms with Gasteiger partial charge in [0, 0.05) is 0 Å². The van der Waals surface area contributed by atoms with Gasteiger partial charge in [-0.15, -0.1) is 0 Å². The smallest absolute Gasteiger partial charge is 0.165 e. The molecule has 2 heteroatoms. The second kappa shape index (κ2) is 4.35. The number of hydrogen-bond acceptors (Lipinski definition) is 1. The first-order valence-electron chi connectivity index (χ1n) is 5.16. The van der Waals surface area contributed by atoms with Gasteiger partial charge in [-0.1, -0.05) is 29.8 Å². The maximum atomic E-state index is 13.4. The molecule has 2 aromatic rings. The first-order valence-corrected chi connectivity index (χ1v) is 5.16. The molecule has 0 spiro atoms. The molecule has 16 heavy (non-hydrogen) atoms. The van der Waals surface area contributed by atoms with E-state index in [-0.39, 0.29) is 11.6 Å². The van der Waals surface area contributed by atoms with Crippen LogP contribution in [0, 0.1) is 19.7 Å². The molecule has 0 saturated carbocycles. The van der Waals surface area contributed by atoms with Gasteiger partial charge in [-0.2, -0.15) is 0 Å². The van der Waals surface area contributed by atoms with E-state index in [4.69, 9.17) is 4.74 Å². The van der Waals surface area contributed by atoms with E-state index < -0.39 is 0 Å². The van der Waals surface area contributed by atoms with Gasteiger partial charge in [0.05, 0.1) is 0 Å². The fraction of sp³-hybridized carbons (Fsp3) is 0.143. The van der Waals surface area contributed by atoms with Crippen molar-refractivity contribution in [3.05, 3.63) is 59.4 Å². The zero-order valence-electron chi connectivity index (χ0n) is 9.33. The SMILES string of the molecule is Cc1ccc(Oc2ccccc2F)c(C)c1. The molecule has 0 amide bonds. The van der Waals surface area contributed by atoms with Crippen LogP contribution in [0.25, 0.3) is 0 Å². The quantitative estimate of drug-likeness (QED) is 0.729. The van der Waals surface area contributed by atoms with Crippen molar-refractivity contribution in [3.8, 4) is 11.5 Å². The average molecular weight is 216 g/mol. The lowest BCUT2D eigenvalue weighted by molar-refractivity contribution is 0.439. The molecule has 0 radical (unpaired) electrons. The summed E-state index contributed by atoms with van der Waals surface area (Å²) in [5.74, 6) is 0.604. The number of halogens is 1. The number of rotatable bonds is 2. The van der Waals surface area contributed by atoms with Gasteiger partial charge in [0.25, 0.3) is 0 Å². The van der Waals surface area contributed by atoms with Gasteiger partial charge in [-0.05, 0) is 37.6 Å². The number of benzene rings is 2. The third-order valence-electron chi connectivity index (χ3n) is 2.39. The Morgan fingerprint density at radius 2 is 1.69 bits per heavy atom. The van der Waals surface area contributed by atoms with Gasteiger partial charge >= 0.3 is 0 Å². The van der Waals surface area contributed by atoms with Crippen LogP contribution in [0.4, 0.5) is 4.39 Å². The van der Waals surface area contributed by atoms with Crippen LogP contribution in [0.2, 0.25) is 0 Å². The normalized spacial score (nSPS) is 10.2. The number of ether oxygens (including phenoxy) is 1. The van der Waals surface area contributed by atoms with E-state index in [9.17, 15) is 4.39 Å². The minimum atomic E-state index is -0.345. The van der Waals surface area contributed by atoms with E-state index in [2.05, 4.69) is 0 Å². The molecule has 0 aromatic heterocycles. The fourth-order valence-electron chi connectivity index (χ4n) is 1.56. The summed E-state index contributed by atoms with van der Waals surface area (Å²) in [6.45, 7) is 3.96. The monoisotopic (exact) mass is 216 g/mol. The van der Waals surface area contributed by atoms with Gasteiger partial charge in [0.2, 0.25) is 0 Å². The molecule has 0 fully saturated rings. The molecular weight excluding hydrogens is 203 g/mol. The number of aryl methyl sites for hydroxylation is 2. The maximum Gasteiger partial charge on any atom is 0.165 e. The fourth-order valence-corrected chi connectivity index (χ4v) is 1.56. The third-order valence-corrected chi connectivity index (χ3v) is 2.39. The van der Waals surface area contributed by atoms with Crippen LogP contribution in [0.1, 0.15) is 11.1 Å². The van der Waals surface area contributed by atoms with Crippen LogP contribution in [-0.2, 0) is 0 Å². The van der Waals surface area contributed by atoms with Gasteiger partial charge in [-0.3, -0.25) is 0 Å². The largest absolute Gasteiger partial charge is 0.454 e.